The maximum atomic E-state index is 13.2. The van der Waals surface area contributed by atoms with Gasteiger partial charge in [0.15, 0.2) is 0 Å². The van der Waals surface area contributed by atoms with Crippen molar-refractivity contribution in [3.63, 3.8) is 0 Å². The van der Waals surface area contributed by atoms with Crippen LogP contribution in [0.5, 0.6) is 5.75 Å². The van der Waals surface area contributed by atoms with Gasteiger partial charge in [-0.05, 0) is 55.7 Å². The molecule has 0 saturated carbocycles. The number of nitrogens with zero attached hydrogens (tertiary/aromatic N) is 3. The number of hydrogen-bond donors (Lipinski definition) is 1. The number of benzene rings is 2. The number of carbonyl (C=O) groups excluding carboxylic acids is 1. The molecule has 1 amide bonds. The van der Waals surface area contributed by atoms with Crippen LogP contribution in [0.1, 0.15) is 28.5 Å². The molecular formula is C22H22N4O2. The van der Waals surface area contributed by atoms with Gasteiger partial charge in [-0.2, -0.15) is 0 Å². The zero-order valence-electron chi connectivity index (χ0n) is 16.1. The number of para-hydroxylation sites is 1. The number of anilines is 3. The van der Waals surface area contributed by atoms with Crippen molar-refractivity contribution in [2.45, 2.75) is 26.3 Å². The van der Waals surface area contributed by atoms with E-state index < -0.39 is 0 Å². The first-order valence-corrected chi connectivity index (χ1v) is 9.23. The maximum absolute atomic E-state index is 13.2. The molecule has 1 N–H and O–H groups in total. The second-order valence-corrected chi connectivity index (χ2v) is 6.95. The van der Waals surface area contributed by atoms with Crippen LogP contribution in [0.4, 0.5) is 17.3 Å². The van der Waals surface area contributed by atoms with Gasteiger partial charge in [0, 0.05) is 17.9 Å². The zero-order valence-corrected chi connectivity index (χ0v) is 16.1. The van der Waals surface area contributed by atoms with E-state index in [0.717, 1.165) is 23.4 Å². The summed E-state index contributed by atoms with van der Waals surface area (Å²) in [6.45, 7) is 4.05. The fourth-order valence-corrected chi connectivity index (χ4v) is 3.58. The third-order valence-electron chi connectivity index (χ3n) is 4.90. The molecule has 1 aliphatic heterocycles. The minimum atomic E-state index is -0.126. The second-order valence-electron chi connectivity index (χ2n) is 6.95. The smallest absolute Gasteiger partial charge is 0.277 e. The van der Waals surface area contributed by atoms with Gasteiger partial charge < -0.3 is 15.0 Å². The number of hydrogen-bond acceptors (Lipinski definition) is 5. The molecule has 0 radical (unpaired) electrons. The van der Waals surface area contributed by atoms with E-state index in [4.69, 9.17) is 4.74 Å². The van der Waals surface area contributed by atoms with Crippen molar-refractivity contribution in [2.24, 2.45) is 0 Å². The third kappa shape index (κ3) is 3.29. The van der Waals surface area contributed by atoms with Gasteiger partial charge in [0.2, 0.25) is 5.95 Å². The minimum absolute atomic E-state index is 0.0909. The van der Waals surface area contributed by atoms with Crippen molar-refractivity contribution in [1.82, 2.24) is 9.97 Å². The molecule has 3 aromatic rings. The Bertz CT molecular complexity index is 1030. The molecule has 28 heavy (non-hydrogen) atoms. The summed E-state index contributed by atoms with van der Waals surface area (Å²) in [5, 5.41) is 3.16. The molecule has 0 spiro atoms. The number of nitrogens with one attached hydrogen (secondary N) is 1. The summed E-state index contributed by atoms with van der Waals surface area (Å²) < 4.78 is 5.39. The van der Waals surface area contributed by atoms with Crippen LogP contribution < -0.4 is 15.0 Å². The Hall–Kier alpha value is -3.41. The molecule has 1 atom stereocenters. The Morgan fingerprint density at radius 2 is 2.04 bits per heavy atom. The lowest BCUT2D eigenvalue weighted by molar-refractivity contribution is 0.0976. The molecule has 0 saturated heterocycles. The molecule has 0 fully saturated rings. The van der Waals surface area contributed by atoms with Crippen molar-refractivity contribution < 1.29 is 9.53 Å². The molecule has 142 valence electrons. The zero-order chi connectivity index (χ0) is 19.7. The van der Waals surface area contributed by atoms with Gasteiger partial charge in [-0.25, -0.2) is 9.97 Å². The van der Waals surface area contributed by atoms with Gasteiger partial charge in [0.1, 0.15) is 11.4 Å². The van der Waals surface area contributed by atoms with E-state index in [0.29, 0.717) is 17.4 Å². The van der Waals surface area contributed by atoms with Crippen molar-refractivity contribution in [2.75, 3.05) is 17.3 Å². The topological polar surface area (TPSA) is 67.3 Å². The summed E-state index contributed by atoms with van der Waals surface area (Å²) in [7, 11) is 1.61. The van der Waals surface area contributed by atoms with Crippen LogP contribution >= 0.6 is 0 Å². The highest BCUT2D eigenvalue weighted by Gasteiger charge is 2.32. The van der Waals surface area contributed by atoms with Gasteiger partial charge in [0.25, 0.3) is 5.91 Å². The number of ether oxygens (including phenoxy) is 1. The number of aryl methyl sites for hydroxylation is 1. The summed E-state index contributed by atoms with van der Waals surface area (Å²) in [6.07, 6.45) is 2.44. The molecule has 0 bridgehead atoms. The minimum Gasteiger partial charge on any atom is -0.495 e. The molecule has 0 aliphatic carbocycles. The maximum Gasteiger partial charge on any atom is 0.277 e. The molecule has 1 aromatic heterocycles. The number of methoxy groups -OCH3 is 1. The lowest BCUT2D eigenvalue weighted by atomic mass is 10.1. The van der Waals surface area contributed by atoms with Crippen LogP contribution in [0.2, 0.25) is 0 Å². The summed E-state index contributed by atoms with van der Waals surface area (Å²) in [5.74, 6) is 0.919. The van der Waals surface area contributed by atoms with Crippen LogP contribution in [0, 0.1) is 6.92 Å². The van der Waals surface area contributed by atoms with E-state index in [1.807, 2.05) is 48.2 Å². The van der Waals surface area contributed by atoms with Gasteiger partial charge in [-0.1, -0.05) is 24.3 Å². The largest absolute Gasteiger partial charge is 0.495 e. The Labute approximate surface area is 164 Å². The third-order valence-corrected chi connectivity index (χ3v) is 4.90. The van der Waals surface area contributed by atoms with Crippen molar-refractivity contribution in [3.05, 3.63) is 71.5 Å². The highest BCUT2D eigenvalue weighted by molar-refractivity contribution is 6.06. The number of amides is 1. The van der Waals surface area contributed by atoms with Gasteiger partial charge in [-0.15, -0.1) is 0 Å². The fourth-order valence-electron chi connectivity index (χ4n) is 3.58. The van der Waals surface area contributed by atoms with Gasteiger partial charge >= 0.3 is 0 Å². The molecule has 6 nitrogen and oxygen atoms in total. The van der Waals surface area contributed by atoms with Gasteiger partial charge in [0.05, 0.1) is 12.8 Å². The molecule has 1 unspecified atom stereocenters. The van der Waals surface area contributed by atoms with E-state index in [-0.39, 0.29) is 11.9 Å². The highest BCUT2D eigenvalue weighted by Crippen LogP contribution is 2.33. The quantitative estimate of drug-likeness (QED) is 0.744. The lowest BCUT2D eigenvalue weighted by Gasteiger charge is -2.22. The van der Waals surface area contributed by atoms with Crippen LogP contribution in [-0.2, 0) is 6.42 Å². The van der Waals surface area contributed by atoms with E-state index in [1.165, 1.54) is 5.56 Å². The van der Waals surface area contributed by atoms with Crippen LogP contribution in [0.3, 0.4) is 0 Å². The predicted molar refractivity (Wildman–Crippen MR) is 109 cm³/mol. The van der Waals surface area contributed by atoms with Gasteiger partial charge in [-0.3, -0.25) is 4.79 Å². The molecule has 2 aromatic carbocycles. The van der Waals surface area contributed by atoms with E-state index in [9.17, 15) is 4.79 Å². The lowest BCUT2D eigenvalue weighted by Crippen LogP contribution is -2.36. The van der Waals surface area contributed by atoms with Crippen molar-refractivity contribution >= 4 is 23.2 Å². The number of aromatic nitrogens is 2. The Kier molecular flexibility index (Phi) is 4.69. The molecular weight excluding hydrogens is 352 g/mol. The Morgan fingerprint density at radius 3 is 2.86 bits per heavy atom. The fraction of sp³-hybridized carbons (Fsp3) is 0.227. The van der Waals surface area contributed by atoms with Crippen molar-refractivity contribution in [3.8, 4) is 5.75 Å². The standard InChI is InChI=1S/C22H22N4O2/c1-14-8-9-20(28-3)18(12-14)25-22-23-11-10-17(24-22)21(27)26-15(2)13-16-6-4-5-7-19(16)26/h4-12,15H,13H2,1-3H3,(H,23,24,25). The second kappa shape index (κ2) is 7.31. The average molecular weight is 374 g/mol. The van der Waals surface area contributed by atoms with Crippen LogP contribution in [0.25, 0.3) is 0 Å². The summed E-state index contributed by atoms with van der Waals surface area (Å²) in [5.41, 5.74) is 4.33. The van der Waals surface area contributed by atoms with Crippen LogP contribution in [-0.4, -0.2) is 29.0 Å². The molecule has 4 rings (SSSR count). The van der Waals surface area contributed by atoms with Crippen molar-refractivity contribution in [1.29, 1.82) is 0 Å². The summed E-state index contributed by atoms with van der Waals surface area (Å²) >= 11 is 0. The molecule has 1 aliphatic rings. The normalized spacial score (nSPS) is 15.2. The first-order valence-electron chi connectivity index (χ1n) is 9.23. The van der Waals surface area contributed by atoms with E-state index >= 15 is 0 Å². The molecule has 6 heteroatoms. The highest BCUT2D eigenvalue weighted by atomic mass is 16.5. The average Bonchev–Trinajstić information content (AvgIpc) is 3.03. The first kappa shape index (κ1) is 18.0. The monoisotopic (exact) mass is 374 g/mol. The molecule has 2 heterocycles. The Balaban J connectivity index is 1.63. The SMILES string of the molecule is COc1ccc(C)cc1Nc1nccc(C(=O)N2c3ccccc3CC2C)n1. The Morgan fingerprint density at radius 1 is 1.21 bits per heavy atom. The predicted octanol–water partition coefficient (Wildman–Crippen LogP) is 4.13. The summed E-state index contributed by atoms with van der Waals surface area (Å²) in [4.78, 5) is 23.7. The summed E-state index contributed by atoms with van der Waals surface area (Å²) in [6, 6.07) is 15.5. The van der Waals surface area contributed by atoms with E-state index in [2.05, 4.69) is 28.3 Å². The first-order chi connectivity index (χ1) is 13.6. The number of rotatable bonds is 4. The van der Waals surface area contributed by atoms with E-state index in [1.54, 1.807) is 19.4 Å². The number of carbonyl (C=O) groups is 1. The number of fused-ring (bicyclic) bond motifs is 1. The van der Waals surface area contributed by atoms with Crippen LogP contribution in [0.15, 0.2) is 54.7 Å².